The first-order valence-corrected chi connectivity index (χ1v) is 11.0. The lowest BCUT2D eigenvalue weighted by Crippen LogP contribution is -2.36. The number of amides is 1. The molecule has 7 nitrogen and oxygen atoms in total. The minimum absolute atomic E-state index is 0.0400. The van der Waals surface area contributed by atoms with Gasteiger partial charge in [-0.25, -0.2) is 8.42 Å². The molecular weight excluding hydrogens is 392 g/mol. The number of hydrogen-bond acceptors (Lipinski definition) is 5. The second-order valence-electron chi connectivity index (χ2n) is 7.00. The number of methoxy groups -OCH3 is 2. The smallest absolute Gasteiger partial charge is 0.261 e. The van der Waals surface area contributed by atoms with Crippen molar-refractivity contribution in [3.05, 3.63) is 47.5 Å². The van der Waals surface area contributed by atoms with E-state index in [2.05, 4.69) is 4.72 Å². The van der Waals surface area contributed by atoms with E-state index < -0.39 is 10.0 Å². The van der Waals surface area contributed by atoms with E-state index in [0.717, 1.165) is 24.8 Å². The summed E-state index contributed by atoms with van der Waals surface area (Å²) in [5.74, 6) is 0.795. The fourth-order valence-corrected chi connectivity index (χ4v) is 4.46. The third-order valence-electron chi connectivity index (χ3n) is 5.03. The van der Waals surface area contributed by atoms with Crippen molar-refractivity contribution >= 4 is 21.6 Å². The van der Waals surface area contributed by atoms with Gasteiger partial charge in [-0.3, -0.25) is 9.52 Å². The van der Waals surface area contributed by atoms with Crippen LogP contribution in [0.4, 0.5) is 5.69 Å². The maximum absolute atomic E-state index is 12.9. The molecule has 1 fully saturated rings. The molecule has 0 unspecified atom stereocenters. The molecule has 1 heterocycles. The Morgan fingerprint density at radius 3 is 2.31 bits per heavy atom. The SMILES string of the molecule is COc1ccc(NS(=O)(=O)c2ccc(C)c(C(=O)N3CCCCC3)c2)cc1OC. The van der Waals surface area contributed by atoms with E-state index in [-0.39, 0.29) is 10.8 Å². The van der Waals surface area contributed by atoms with Crippen LogP contribution in [0.15, 0.2) is 41.3 Å². The van der Waals surface area contributed by atoms with Gasteiger partial charge in [-0.15, -0.1) is 0 Å². The van der Waals surface area contributed by atoms with E-state index in [9.17, 15) is 13.2 Å². The number of benzene rings is 2. The molecule has 0 aromatic heterocycles. The van der Waals surface area contributed by atoms with Gasteiger partial charge in [-0.2, -0.15) is 0 Å². The van der Waals surface area contributed by atoms with Crippen molar-refractivity contribution < 1.29 is 22.7 Å². The first-order valence-electron chi connectivity index (χ1n) is 9.50. The van der Waals surface area contributed by atoms with Gasteiger partial charge in [0.05, 0.1) is 24.8 Å². The van der Waals surface area contributed by atoms with Crippen LogP contribution in [0.5, 0.6) is 11.5 Å². The predicted molar refractivity (Wildman–Crippen MR) is 111 cm³/mol. The minimum Gasteiger partial charge on any atom is -0.493 e. The van der Waals surface area contributed by atoms with Crippen molar-refractivity contribution in [2.75, 3.05) is 32.0 Å². The Balaban J connectivity index is 1.88. The molecule has 2 aromatic rings. The van der Waals surface area contributed by atoms with Crippen molar-refractivity contribution in [3.8, 4) is 11.5 Å². The van der Waals surface area contributed by atoms with Gasteiger partial charge >= 0.3 is 0 Å². The van der Waals surface area contributed by atoms with Crippen molar-refractivity contribution in [2.24, 2.45) is 0 Å². The van der Waals surface area contributed by atoms with Crippen LogP contribution in [0.2, 0.25) is 0 Å². The average molecular weight is 419 g/mol. The highest BCUT2D eigenvalue weighted by Crippen LogP contribution is 2.31. The van der Waals surface area contributed by atoms with Crippen molar-refractivity contribution in [2.45, 2.75) is 31.1 Å². The number of hydrogen-bond donors (Lipinski definition) is 1. The van der Waals surface area contributed by atoms with Gasteiger partial charge < -0.3 is 14.4 Å². The lowest BCUT2D eigenvalue weighted by Gasteiger charge is -2.27. The number of nitrogens with zero attached hydrogens (tertiary/aromatic N) is 1. The second-order valence-corrected chi connectivity index (χ2v) is 8.69. The number of rotatable bonds is 6. The quantitative estimate of drug-likeness (QED) is 0.777. The van der Waals surface area contributed by atoms with Crippen LogP contribution >= 0.6 is 0 Å². The third-order valence-corrected chi connectivity index (χ3v) is 6.41. The number of likely N-dealkylation sites (tertiary alicyclic amines) is 1. The molecule has 0 bridgehead atoms. The Bertz CT molecular complexity index is 998. The second kappa shape index (κ2) is 8.73. The molecule has 0 aliphatic carbocycles. The molecule has 0 atom stereocenters. The molecule has 0 saturated carbocycles. The zero-order valence-corrected chi connectivity index (χ0v) is 17.7. The van der Waals surface area contributed by atoms with Crippen LogP contribution in [0.1, 0.15) is 35.2 Å². The highest BCUT2D eigenvalue weighted by molar-refractivity contribution is 7.92. The topological polar surface area (TPSA) is 84.9 Å². The predicted octanol–water partition coefficient (Wildman–Crippen LogP) is 3.44. The van der Waals surface area contributed by atoms with Gasteiger partial charge in [0.15, 0.2) is 11.5 Å². The van der Waals surface area contributed by atoms with E-state index in [1.54, 1.807) is 29.2 Å². The summed E-state index contributed by atoms with van der Waals surface area (Å²) in [6, 6.07) is 9.38. The van der Waals surface area contributed by atoms with E-state index in [1.807, 2.05) is 6.92 Å². The first-order chi connectivity index (χ1) is 13.9. The number of carbonyl (C=O) groups is 1. The largest absolute Gasteiger partial charge is 0.493 e. The summed E-state index contributed by atoms with van der Waals surface area (Å²) in [5, 5.41) is 0. The highest BCUT2D eigenvalue weighted by Gasteiger charge is 2.23. The molecule has 2 aromatic carbocycles. The van der Waals surface area contributed by atoms with E-state index in [4.69, 9.17) is 9.47 Å². The highest BCUT2D eigenvalue weighted by atomic mass is 32.2. The molecule has 1 N–H and O–H groups in total. The van der Waals surface area contributed by atoms with Crippen LogP contribution in [0.25, 0.3) is 0 Å². The van der Waals surface area contributed by atoms with Crippen LogP contribution in [-0.2, 0) is 10.0 Å². The van der Waals surface area contributed by atoms with Crippen molar-refractivity contribution in [1.82, 2.24) is 4.90 Å². The fourth-order valence-electron chi connectivity index (χ4n) is 3.38. The molecule has 1 aliphatic heterocycles. The fraction of sp³-hybridized carbons (Fsp3) is 0.381. The number of nitrogens with one attached hydrogen (secondary N) is 1. The van der Waals surface area contributed by atoms with Crippen LogP contribution in [-0.4, -0.2) is 46.5 Å². The number of anilines is 1. The molecule has 3 rings (SSSR count). The first kappa shape index (κ1) is 21.0. The lowest BCUT2D eigenvalue weighted by atomic mass is 10.1. The molecule has 156 valence electrons. The maximum atomic E-state index is 12.9. The molecule has 1 saturated heterocycles. The summed E-state index contributed by atoms with van der Waals surface area (Å²) in [4.78, 5) is 14.7. The van der Waals surface area contributed by atoms with Gasteiger partial charge in [0.2, 0.25) is 0 Å². The van der Waals surface area contributed by atoms with Crippen molar-refractivity contribution in [1.29, 1.82) is 0 Å². The maximum Gasteiger partial charge on any atom is 0.261 e. The minimum atomic E-state index is -3.88. The van der Waals surface area contributed by atoms with Crippen molar-refractivity contribution in [3.63, 3.8) is 0 Å². The van der Waals surface area contributed by atoms with E-state index in [1.165, 1.54) is 26.4 Å². The summed E-state index contributed by atoms with van der Waals surface area (Å²) in [5.41, 5.74) is 1.51. The normalized spacial score (nSPS) is 14.4. The monoisotopic (exact) mass is 418 g/mol. The summed E-state index contributed by atoms with van der Waals surface area (Å²) < 4.78 is 38.8. The number of carbonyl (C=O) groups excluding carboxylic acids is 1. The van der Waals surface area contributed by atoms with Gasteiger partial charge in [0, 0.05) is 24.7 Å². The summed E-state index contributed by atoms with van der Waals surface area (Å²) in [6.07, 6.45) is 3.07. The summed E-state index contributed by atoms with van der Waals surface area (Å²) in [6.45, 7) is 3.23. The number of sulfonamides is 1. The van der Waals surface area contributed by atoms with E-state index >= 15 is 0 Å². The van der Waals surface area contributed by atoms with Gasteiger partial charge in [-0.05, 0) is 56.0 Å². The standard InChI is InChI=1S/C21H26N2O5S/c1-15-7-9-17(14-18(15)21(24)23-11-5-4-6-12-23)29(25,26)22-16-8-10-19(27-2)20(13-16)28-3/h7-10,13-14,22H,4-6,11-12H2,1-3H3. The summed E-state index contributed by atoms with van der Waals surface area (Å²) >= 11 is 0. The average Bonchev–Trinajstić information content (AvgIpc) is 2.73. The molecular formula is C21H26N2O5S. The number of ether oxygens (including phenoxy) is 2. The molecule has 0 spiro atoms. The van der Waals surface area contributed by atoms with Gasteiger partial charge in [0.1, 0.15) is 0 Å². The molecule has 29 heavy (non-hydrogen) atoms. The Hall–Kier alpha value is -2.74. The Labute approximate surface area is 171 Å². The molecule has 8 heteroatoms. The van der Waals surface area contributed by atoms with Crippen LogP contribution < -0.4 is 14.2 Å². The third kappa shape index (κ3) is 4.64. The molecule has 0 radical (unpaired) electrons. The van der Waals surface area contributed by atoms with Crippen LogP contribution in [0, 0.1) is 6.92 Å². The Morgan fingerprint density at radius 1 is 0.966 bits per heavy atom. The Kier molecular flexibility index (Phi) is 6.32. The van der Waals surface area contributed by atoms with E-state index in [0.29, 0.717) is 35.8 Å². The Morgan fingerprint density at radius 2 is 1.66 bits per heavy atom. The molecule has 1 amide bonds. The summed E-state index contributed by atoms with van der Waals surface area (Å²) in [7, 11) is -0.889. The zero-order valence-electron chi connectivity index (χ0n) is 16.9. The van der Waals surface area contributed by atoms with Gasteiger partial charge in [-0.1, -0.05) is 6.07 Å². The zero-order chi connectivity index (χ0) is 21.0. The van der Waals surface area contributed by atoms with Gasteiger partial charge in [0.25, 0.3) is 15.9 Å². The lowest BCUT2D eigenvalue weighted by molar-refractivity contribution is 0.0723. The van der Waals surface area contributed by atoms with Crippen LogP contribution in [0.3, 0.4) is 0 Å². The number of piperidine rings is 1. The molecule has 1 aliphatic rings. The number of aryl methyl sites for hydroxylation is 1.